The van der Waals surface area contributed by atoms with Gasteiger partial charge in [0.15, 0.2) is 11.5 Å². The number of aromatic amines is 1. The van der Waals surface area contributed by atoms with Crippen LogP contribution in [0, 0.1) is 0 Å². The summed E-state index contributed by atoms with van der Waals surface area (Å²) >= 11 is 6.00. The van der Waals surface area contributed by atoms with Gasteiger partial charge in [-0.15, -0.1) is 0 Å². The first-order chi connectivity index (χ1) is 14.5. The molecule has 0 spiro atoms. The van der Waals surface area contributed by atoms with Crippen LogP contribution in [0.4, 0.5) is 0 Å². The second-order valence-corrected chi connectivity index (χ2v) is 7.27. The highest BCUT2D eigenvalue weighted by atomic mass is 35.5. The topological polar surface area (TPSA) is 118 Å². The van der Waals surface area contributed by atoms with E-state index in [1.54, 1.807) is 24.3 Å². The molecule has 3 aromatic rings. The maximum absolute atomic E-state index is 12.5. The molecule has 2 aromatic carbocycles. The molecule has 1 atom stereocenters. The van der Waals surface area contributed by atoms with E-state index in [1.807, 2.05) is 12.1 Å². The second-order valence-electron chi connectivity index (χ2n) is 6.83. The van der Waals surface area contributed by atoms with E-state index < -0.39 is 17.1 Å². The number of benzene rings is 2. The molecule has 0 saturated carbocycles. The molecular formula is C20H15ClN4O5. The molecule has 5 rings (SSSR count). The summed E-state index contributed by atoms with van der Waals surface area (Å²) in [6.07, 6.45) is 0.323. The maximum atomic E-state index is 12.5. The monoisotopic (exact) mass is 426 g/mol. The average Bonchev–Trinajstić information content (AvgIpc) is 3.36. The van der Waals surface area contributed by atoms with Crippen molar-refractivity contribution in [3.05, 3.63) is 79.5 Å². The zero-order chi connectivity index (χ0) is 20.8. The molecule has 152 valence electrons. The fourth-order valence-corrected chi connectivity index (χ4v) is 3.75. The molecule has 30 heavy (non-hydrogen) atoms. The Morgan fingerprint density at radius 3 is 2.80 bits per heavy atom. The minimum atomic E-state index is -0.776. The van der Waals surface area contributed by atoms with Gasteiger partial charge in [-0.25, -0.2) is 9.36 Å². The molecule has 0 radical (unpaired) electrons. The molecule has 0 saturated heterocycles. The van der Waals surface area contributed by atoms with Crippen molar-refractivity contribution in [3.8, 4) is 23.1 Å². The number of hydrogen-bond acceptors (Lipinski definition) is 7. The van der Waals surface area contributed by atoms with E-state index in [9.17, 15) is 14.7 Å². The number of H-pyrrole nitrogens is 1. The Morgan fingerprint density at radius 1 is 1.13 bits per heavy atom. The summed E-state index contributed by atoms with van der Waals surface area (Å²) in [7, 11) is 0. The Bertz CT molecular complexity index is 1310. The number of rotatable bonds is 3. The van der Waals surface area contributed by atoms with E-state index in [0.29, 0.717) is 34.3 Å². The lowest BCUT2D eigenvalue weighted by atomic mass is 9.99. The number of aromatic hydroxyl groups is 1. The number of nitrogens with zero attached hydrogens (tertiary/aromatic N) is 2. The van der Waals surface area contributed by atoms with E-state index in [4.69, 9.17) is 21.1 Å². The Balaban J connectivity index is 1.51. The van der Waals surface area contributed by atoms with Crippen LogP contribution in [0.15, 0.2) is 57.2 Å². The molecular weight excluding hydrogens is 412 g/mol. The lowest BCUT2D eigenvalue weighted by Crippen LogP contribution is -2.33. The fraction of sp³-hybridized carbons (Fsp3) is 0.150. The first-order valence-electron chi connectivity index (χ1n) is 9.07. The Kier molecular flexibility index (Phi) is 4.25. The maximum Gasteiger partial charge on any atom is 0.335 e. The summed E-state index contributed by atoms with van der Waals surface area (Å²) in [5.74, 6) is 0.802. The number of ether oxygens (including phenoxy) is 2. The predicted octanol–water partition coefficient (Wildman–Crippen LogP) is 2.05. The molecule has 3 N–H and O–H groups in total. The van der Waals surface area contributed by atoms with Gasteiger partial charge in [-0.05, 0) is 35.9 Å². The van der Waals surface area contributed by atoms with Crippen LogP contribution in [0.25, 0.3) is 5.69 Å². The third-order valence-electron chi connectivity index (χ3n) is 4.99. The Labute approximate surface area is 174 Å². The van der Waals surface area contributed by atoms with Crippen molar-refractivity contribution in [1.82, 2.24) is 15.0 Å². The third kappa shape index (κ3) is 3.00. The van der Waals surface area contributed by atoms with E-state index in [2.05, 4.69) is 15.5 Å². The molecule has 0 aliphatic carbocycles. The van der Waals surface area contributed by atoms with Crippen molar-refractivity contribution in [3.63, 3.8) is 0 Å². The summed E-state index contributed by atoms with van der Waals surface area (Å²) in [4.78, 5) is 27.1. The number of aromatic nitrogens is 2. The van der Waals surface area contributed by atoms with Crippen molar-refractivity contribution in [2.45, 2.75) is 12.5 Å². The summed E-state index contributed by atoms with van der Waals surface area (Å²) in [5.41, 5.74) is 2.93. The van der Waals surface area contributed by atoms with Gasteiger partial charge < -0.3 is 20.0 Å². The van der Waals surface area contributed by atoms with E-state index >= 15 is 0 Å². The van der Waals surface area contributed by atoms with Crippen molar-refractivity contribution in [2.24, 2.45) is 5.10 Å². The van der Waals surface area contributed by atoms with Crippen LogP contribution in [0.1, 0.15) is 23.6 Å². The number of hydrogen-bond donors (Lipinski definition) is 3. The van der Waals surface area contributed by atoms with Crippen molar-refractivity contribution in [1.29, 1.82) is 0 Å². The number of hydrazone groups is 1. The highest BCUT2D eigenvalue weighted by molar-refractivity contribution is 6.30. The quantitative estimate of drug-likeness (QED) is 0.590. The summed E-state index contributed by atoms with van der Waals surface area (Å²) in [6, 6.07) is 11.7. The molecule has 10 heteroatoms. The predicted molar refractivity (Wildman–Crippen MR) is 109 cm³/mol. The normalized spacial score (nSPS) is 17.0. The van der Waals surface area contributed by atoms with E-state index in [1.165, 1.54) is 6.07 Å². The molecule has 3 heterocycles. The molecule has 9 nitrogen and oxygen atoms in total. The van der Waals surface area contributed by atoms with Gasteiger partial charge in [0.05, 0.1) is 17.4 Å². The first-order valence-corrected chi connectivity index (χ1v) is 9.45. The lowest BCUT2D eigenvalue weighted by molar-refractivity contribution is 0.174. The van der Waals surface area contributed by atoms with Crippen LogP contribution in [-0.4, -0.2) is 27.2 Å². The zero-order valence-electron chi connectivity index (χ0n) is 15.4. The van der Waals surface area contributed by atoms with Gasteiger partial charge >= 0.3 is 5.69 Å². The number of fused-ring (bicyclic) bond motifs is 1. The molecule has 1 aromatic heterocycles. The van der Waals surface area contributed by atoms with Crippen LogP contribution in [0.2, 0.25) is 5.02 Å². The third-order valence-corrected chi connectivity index (χ3v) is 5.23. The summed E-state index contributed by atoms with van der Waals surface area (Å²) < 4.78 is 11.7. The standard InChI is InChI=1S/C20H15ClN4O5/c21-11-2-1-3-12(7-11)25-19(27)17(18(26)22-20(25)28)14-8-13(23-24-14)10-4-5-15-16(6-10)30-9-29-15/h1-7,13,23,27H,8-9H2,(H,22,26,28). The van der Waals surface area contributed by atoms with Gasteiger partial charge in [0.25, 0.3) is 5.56 Å². The average molecular weight is 427 g/mol. The zero-order valence-corrected chi connectivity index (χ0v) is 16.1. The van der Waals surface area contributed by atoms with Crippen molar-refractivity contribution < 1.29 is 14.6 Å². The highest BCUT2D eigenvalue weighted by Gasteiger charge is 2.28. The van der Waals surface area contributed by atoms with Crippen molar-refractivity contribution in [2.75, 3.05) is 6.79 Å². The van der Waals surface area contributed by atoms with Crippen LogP contribution in [0.3, 0.4) is 0 Å². The molecule has 2 aliphatic rings. The van der Waals surface area contributed by atoms with Gasteiger partial charge in [-0.1, -0.05) is 23.7 Å². The second kappa shape index (κ2) is 6.96. The van der Waals surface area contributed by atoms with E-state index in [0.717, 1.165) is 10.1 Å². The number of halogens is 1. The van der Waals surface area contributed by atoms with Gasteiger partial charge in [0, 0.05) is 11.4 Å². The van der Waals surface area contributed by atoms with Gasteiger partial charge in [0.1, 0.15) is 5.56 Å². The molecule has 0 fully saturated rings. The smallest absolute Gasteiger partial charge is 0.335 e. The summed E-state index contributed by atoms with van der Waals surface area (Å²) in [6.45, 7) is 0.174. The van der Waals surface area contributed by atoms with E-state index in [-0.39, 0.29) is 18.4 Å². The molecule has 0 bridgehead atoms. The van der Waals surface area contributed by atoms with Gasteiger partial charge in [-0.2, -0.15) is 5.10 Å². The minimum Gasteiger partial charge on any atom is -0.493 e. The minimum absolute atomic E-state index is 0.0784. The van der Waals surface area contributed by atoms with Crippen LogP contribution in [0.5, 0.6) is 17.4 Å². The highest BCUT2D eigenvalue weighted by Crippen LogP contribution is 2.36. The van der Waals surface area contributed by atoms with Crippen LogP contribution in [-0.2, 0) is 0 Å². The Hall–Kier alpha value is -3.72. The lowest BCUT2D eigenvalue weighted by Gasteiger charge is -2.12. The van der Waals surface area contributed by atoms with Crippen LogP contribution >= 0.6 is 11.6 Å². The fourth-order valence-electron chi connectivity index (χ4n) is 3.56. The van der Waals surface area contributed by atoms with Gasteiger partial charge in [-0.3, -0.25) is 9.78 Å². The van der Waals surface area contributed by atoms with Gasteiger partial charge in [0.2, 0.25) is 12.7 Å². The largest absolute Gasteiger partial charge is 0.493 e. The molecule has 0 amide bonds. The van der Waals surface area contributed by atoms with Crippen LogP contribution < -0.4 is 26.1 Å². The molecule has 1 unspecified atom stereocenters. The van der Waals surface area contributed by atoms with Crippen molar-refractivity contribution >= 4 is 17.3 Å². The number of nitrogens with one attached hydrogen (secondary N) is 2. The summed E-state index contributed by atoms with van der Waals surface area (Å²) in [5, 5.41) is 15.4. The first kappa shape index (κ1) is 18.3. The SMILES string of the molecule is O=c1[nH]c(=O)n(-c2cccc(Cl)c2)c(O)c1C1=NNC(c2ccc3c(c2)OCO3)C1. The molecule has 2 aliphatic heterocycles. The Morgan fingerprint density at radius 2 is 1.97 bits per heavy atom.